The predicted molar refractivity (Wildman–Crippen MR) is 125 cm³/mol. The fraction of sp³-hybridized carbons (Fsp3) is 0.480. The third-order valence-electron chi connectivity index (χ3n) is 7.95. The van der Waals surface area contributed by atoms with Crippen molar-refractivity contribution in [3.05, 3.63) is 45.7 Å². The zero-order valence-corrected chi connectivity index (χ0v) is 19.8. The number of aliphatic hydroxyl groups excluding tert-OH is 2. The highest BCUT2D eigenvalue weighted by atomic mass is 19.1. The number of ketones is 2. The van der Waals surface area contributed by atoms with E-state index < -0.39 is 69.6 Å². The van der Waals surface area contributed by atoms with E-state index in [0.29, 0.717) is 12.5 Å². The van der Waals surface area contributed by atoms with E-state index in [1.165, 1.54) is 4.90 Å². The van der Waals surface area contributed by atoms with Crippen LogP contribution in [0, 0.1) is 23.6 Å². The van der Waals surface area contributed by atoms with E-state index in [1.54, 1.807) is 14.1 Å². The second kappa shape index (κ2) is 8.04. The fourth-order valence-corrected chi connectivity index (χ4v) is 5.98. The lowest BCUT2D eigenvalue weighted by atomic mass is 9.58. The second-order valence-electron chi connectivity index (χ2n) is 10.4. The number of fused-ring (bicyclic) bond motifs is 3. The van der Waals surface area contributed by atoms with Gasteiger partial charge in [0, 0.05) is 29.7 Å². The summed E-state index contributed by atoms with van der Waals surface area (Å²) >= 11 is 0. The number of aromatic hydroxyl groups is 1. The molecule has 0 radical (unpaired) electrons. The van der Waals surface area contributed by atoms with Crippen molar-refractivity contribution < 1.29 is 39.2 Å². The summed E-state index contributed by atoms with van der Waals surface area (Å²) in [5.41, 5.74) is 1.08. The van der Waals surface area contributed by atoms with Gasteiger partial charge in [0.05, 0.1) is 17.3 Å². The summed E-state index contributed by atoms with van der Waals surface area (Å²) in [5, 5.41) is 47.4. The van der Waals surface area contributed by atoms with Gasteiger partial charge in [-0.05, 0) is 51.6 Å². The molecule has 10 nitrogen and oxygen atoms in total. The Morgan fingerprint density at radius 2 is 1.92 bits per heavy atom. The van der Waals surface area contributed by atoms with Gasteiger partial charge < -0.3 is 31.5 Å². The topological polar surface area (TPSA) is 173 Å². The van der Waals surface area contributed by atoms with Crippen LogP contribution in [0.5, 0.6) is 5.75 Å². The van der Waals surface area contributed by atoms with Crippen LogP contribution in [-0.4, -0.2) is 75.1 Å². The molecule has 5 rings (SSSR count). The first-order valence-electron chi connectivity index (χ1n) is 11.8. The van der Waals surface area contributed by atoms with Gasteiger partial charge in [-0.1, -0.05) is 0 Å². The molecule has 0 heterocycles. The van der Waals surface area contributed by atoms with E-state index in [4.69, 9.17) is 5.73 Å². The minimum atomic E-state index is -2.72. The number of hydrogen-bond acceptors (Lipinski definition) is 9. The van der Waals surface area contributed by atoms with Crippen LogP contribution in [0.2, 0.25) is 0 Å². The number of phenols is 1. The molecule has 11 heteroatoms. The smallest absolute Gasteiger partial charge is 0.255 e. The molecule has 0 aromatic heterocycles. The highest BCUT2D eigenvalue weighted by molar-refractivity contribution is 6.24. The van der Waals surface area contributed by atoms with Crippen LogP contribution in [0.15, 0.2) is 28.7 Å². The van der Waals surface area contributed by atoms with Crippen molar-refractivity contribution in [3.8, 4) is 5.75 Å². The van der Waals surface area contributed by atoms with E-state index >= 15 is 4.39 Å². The quantitative estimate of drug-likeness (QED) is 0.255. The number of carbonyl (C=O) groups excluding carboxylic acids is 3. The normalized spacial score (nSPS) is 29.8. The molecular weight excluding hydrogens is 473 g/mol. The van der Waals surface area contributed by atoms with Gasteiger partial charge in [0.2, 0.25) is 5.78 Å². The number of Topliss-reactive ketones (excluding diaryl/α,β-unsaturated/α-hetero) is 2. The maximum atomic E-state index is 15.2. The maximum absolute atomic E-state index is 15.2. The molecular formula is C25H28FN3O7. The lowest BCUT2D eigenvalue weighted by Crippen LogP contribution is -2.63. The highest BCUT2D eigenvalue weighted by Gasteiger charge is 2.63. The third-order valence-corrected chi connectivity index (χ3v) is 7.95. The minimum absolute atomic E-state index is 0.0254. The standard InChI is InChI=1S/C25H28FN3O7/c1-29(2)18-12-6-10-5-11-13(26)7-14(28-8-9-3-4-9)19(30)16(11)20(31)15(10)22(33)25(12,36)23(34)17(21(18)32)24(27)35/h7,9-10,12,18,28,30,32-33,36H,3-6,8H2,1-2H3,(H2,27,35)/t10-,12-,18-,25-/m0/s1. The van der Waals surface area contributed by atoms with Crippen molar-refractivity contribution in [2.45, 2.75) is 37.3 Å². The summed E-state index contributed by atoms with van der Waals surface area (Å²) in [6, 6.07) is 0.0422. The van der Waals surface area contributed by atoms with E-state index in [-0.39, 0.29) is 35.2 Å². The molecule has 0 aliphatic heterocycles. The summed E-state index contributed by atoms with van der Waals surface area (Å²) in [7, 11) is 3.09. The number of rotatable bonds is 5. The van der Waals surface area contributed by atoms with Crippen molar-refractivity contribution in [2.75, 3.05) is 26.0 Å². The average Bonchev–Trinajstić information content (AvgIpc) is 3.61. The van der Waals surface area contributed by atoms with Crippen LogP contribution >= 0.6 is 0 Å². The molecule has 1 aromatic carbocycles. The molecule has 0 saturated heterocycles. The number of aliphatic hydroxyl groups is 3. The van der Waals surface area contributed by atoms with Gasteiger partial charge in [0.25, 0.3) is 5.91 Å². The molecule has 4 atom stereocenters. The number of anilines is 1. The summed E-state index contributed by atoms with van der Waals surface area (Å²) < 4.78 is 15.2. The molecule has 1 amide bonds. The molecule has 0 bridgehead atoms. The Kier molecular flexibility index (Phi) is 5.42. The van der Waals surface area contributed by atoms with Gasteiger partial charge in [-0.25, -0.2) is 4.39 Å². The van der Waals surface area contributed by atoms with Crippen LogP contribution in [0.25, 0.3) is 0 Å². The maximum Gasteiger partial charge on any atom is 0.255 e. The Balaban J connectivity index is 1.66. The van der Waals surface area contributed by atoms with E-state index in [9.17, 15) is 34.8 Å². The van der Waals surface area contributed by atoms with E-state index in [2.05, 4.69) is 5.32 Å². The second-order valence-corrected chi connectivity index (χ2v) is 10.4. The summed E-state index contributed by atoms with van der Waals surface area (Å²) in [5.74, 6) is -7.86. The number of likely N-dealkylation sites (N-methyl/N-ethyl adjacent to an activating group) is 1. The fourth-order valence-electron chi connectivity index (χ4n) is 5.98. The van der Waals surface area contributed by atoms with E-state index in [0.717, 1.165) is 18.9 Å². The van der Waals surface area contributed by atoms with Crippen LogP contribution in [0.3, 0.4) is 0 Å². The zero-order valence-electron chi connectivity index (χ0n) is 19.8. The molecule has 4 aliphatic rings. The van der Waals surface area contributed by atoms with Crippen molar-refractivity contribution in [1.82, 2.24) is 4.90 Å². The lowest BCUT2D eigenvalue weighted by molar-refractivity contribution is -0.148. The van der Waals surface area contributed by atoms with E-state index in [1.807, 2.05) is 0 Å². The number of nitrogens with zero attached hydrogens (tertiary/aromatic N) is 1. The predicted octanol–water partition coefficient (Wildman–Crippen LogP) is 1.08. The number of benzene rings is 1. The Bertz CT molecular complexity index is 1280. The van der Waals surface area contributed by atoms with Gasteiger partial charge in [0.1, 0.15) is 28.7 Å². The monoisotopic (exact) mass is 501 g/mol. The molecule has 4 aliphatic carbocycles. The van der Waals surface area contributed by atoms with Gasteiger partial charge in [0.15, 0.2) is 11.4 Å². The zero-order chi connectivity index (χ0) is 26.3. The number of nitrogens with two attached hydrogens (primary N) is 1. The Morgan fingerprint density at radius 3 is 2.50 bits per heavy atom. The number of carbonyl (C=O) groups is 3. The third kappa shape index (κ3) is 3.26. The van der Waals surface area contributed by atoms with Gasteiger partial charge >= 0.3 is 0 Å². The number of allylic oxidation sites excluding steroid dienone is 1. The molecule has 36 heavy (non-hydrogen) atoms. The number of halogens is 1. The van der Waals surface area contributed by atoms with Gasteiger partial charge in [-0.15, -0.1) is 0 Å². The molecule has 192 valence electrons. The molecule has 1 fully saturated rings. The number of nitrogens with one attached hydrogen (secondary N) is 1. The Labute approximate surface area is 205 Å². The van der Waals surface area contributed by atoms with Crippen LogP contribution in [0.4, 0.5) is 10.1 Å². The SMILES string of the molecule is CN(C)[C@@H]1C(O)=C(C(N)=O)C(=O)[C@@]2(O)C(O)=C3C(=O)c4c(O)c(NCC5CC5)cc(F)c4C[C@H]3C[C@@H]12. The Morgan fingerprint density at radius 1 is 1.25 bits per heavy atom. The number of hydrogen-bond donors (Lipinski definition) is 6. The molecule has 1 aromatic rings. The van der Waals surface area contributed by atoms with Crippen LogP contribution < -0.4 is 11.1 Å². The molecule has 1 saturated carbocycles. The number of primary amides is 1. The van der Waals surface area contributed by atoms with Crippen LogP contribution in [-0.2, 0) is 16.0 Å². The van der Waals surface area contributed by atoms with Crippen molar-refractivity contribution in [3.63, 3.8) is 0 Å². The lowest BCUT2D eigenvalue weighted by Gasteiger charge is -2.50. The summed E-state index contributed by atoms with van der Waals surface area (Å²) in [4.78, 5) is 40.3. The van der Waals surface area contributed by atoms with Crippen LogP contribution in [0.1, 0.15) is 35.2 Å². The first kappa shape index (κ1) is 24.3. The molecule has 7 N–H and O–H groups in total. The average molecular weight is 502 g/mol. The number of phenolic OH excluding ortho intramolecular Hbond substituents is 1. The summed E-state index contributed by atoms with van der Waals surface area (Å²) in [6.45, 7) is 0.504. The number of amides is 1. The van der Waals surface area contributed by atoms with Gasteiger partial charge in [-0.2, -0.15) is 0 Å². The largest absolute Gasteiger partial charge is 0.510 e. The summed E-state index contributed by atoms with van der Waals surface area (Å²) in [6.07, 6.45) is 1.85. The first-order valence-corrected chi connectivity index (χ1v) is 11.8. The van der Waals surface area contributed by atoms with Crippen molar-refractivity contribution in [1.29, 1.82) is 0 Å². The molecule has 0 unspecified atom stereocenters. The minimum Gasteiger partial charge on any atom is -0.510 e. The van der Waals surface area contributed by atoms with Gasteiger partial charge in [-0.3, -0.25) is 19.3 Å². The van der Waals surface area contributed by atoms with Crippen molar-refractivity contribution >= 4 is 23.2 Å². The highest BCUT2D eigenvalue weighted by Crippen LogP contribution is 2.53. The van der Waals surface area contributed by atoms with Crippen molar-refractivity contribution in [2.24, 2.45) is 23.5 Å². The Hall–Kier alpha value is -3.44. The first-order chi connectivity index (χ1) is 16.9. The molecule has 0 spiro atoms.